The Hall–Kier alpha value is -3.07. The number of hydrogen-bond acceptors (Lipinski definition) is 5. The molecular formula is C22H24F2N4O3. The molecule has 1 unspecified atom stereocenters. The van der Waals surface area contributed by atoms with E-state index >= 15 is 0 Å². The summed E-state index contributed by atoms with van der Waals surface area (Å²) in [7, 11) is 0. The van der Waals surface area contributed by atoms with Crippen LogP contribution in [-0.2, 0) is 20.9 Å². The van der Waals surface area contributed by atoms with E-state index in [9.17, 15) is 18.4 Å². The number of amides is 2. The zero-order chi connectivity index (χ0) is 22.0. The molecular weight excluding hydrogens is 406 g/mol. The van der Waals surface area contributed by atoms with Crippen molar-refractivity contribution >= 4 is 23.3 Å². The van der Waals surface area contributed by atoms with Crippen LogP contribution in [0.25, 0.3) is 0 Å². The molecule has 1 N–H and O–H groups in total. The first-order chi connectivity index (χ1) is 14.8. The highest BCUT2D eigenvalue weighted by molar-refractivity contribution is 6.02. The fraction of sp³-hybridized carbons (Fsp3) is 0.409. The average Bonchev–Trinajstić information content (AvgIpc) is 3.08. The highest BCUT2D eigenvalue weighted by atomic mass is 19.1. The van der Waals surface area contributed by atoms with Crippen LogP contribution in [-0.4, -0.2) is 49.6 Å². The molecule has 2 amide bonds. The van der Waals surface area contributed by atoms with Crippen molar-refractivity contribution in [3.05, 3.63) is 53.7 Å². The number of nitrogens with zero attached hydrogens (tertiary/aromatic N) is 3. The van der Waals surface area contributed by atoms with Gasteiger partial charge in [-0.15, -0.1) is 0 Å². The highest BCUT2D eigenvalue weighted by Crippen LogP contribution is 2.35. The molecule has 4 rings (SSSR count). The van der Waals surface area contributed by atoms with E-state index in [1.165, 1.54) is 4.90 Å². The van der Waals surface area contributed by atoms with E-state index in [2.05, 4.69) is 15.2 Å². The summed E-state index contributed by atoms with van der Waals surface area (Å²) in [6.07, 6.45) is 1.67. The van der Waals surface area contributed by atoms with Gasteiger partial charge in [-0.2, -0.15) is 0 Å². The minimum atomic E-state index is -1.00. The van der Waals surface area contributed by atoms with Crippen LogP contribution in [0.1, 0.15) is 18.9 Å². The quantitative estimate of drug-likeness (QED) is 0.788. The molecule has 9 heteroatoms. The fourth-order valence-corrected chi connectivity index (χ4v) is 3.94. The van der Waals surface area contributed by atoms with Crippen molar-refractivity contribution in [2.75, 3.05) is 42.6 Å². The lowest BCUT2D eigenvalue weighted by atomic mass is 9.88. The Kier molecular flexibility index (Phi) is 5.86. The van der Waals surface area contributed by atoms with E-state index in [4.69, 9.17) is 4.74 Å². The van der Waals surface area contributed by atoms with Gasteiger partial charge < -0.3 is 19.9 Å². The van der Waals surface area contributed by atoms with Crippen molar-refractivity contribution in [3.8, 4) is 0 Å². The molecule has 3 heterocycles. The molecule has 2 aliphatic heterocycles. The summed E-state index contributed by atoms with van der Waals surface area (Å²) in [4.78, 5) is 33.2. The van der Waals surface area contributed by atoms with Gasteiger partial charge in [0.1, 0.15) is 17.5 Å². The van der Waals surface area contributed by atoms with Crippen molar-refractivity contribution in [2.24, 2.45) is 5.41 Å². The minimum absolute atomic E-state index is 0.0354. The van der Waals surface area contributed by atoms with Gasteiger partial charge in [-0.3, -0.25) is 9.59 Å². The molecule has 0 spiro atoms. The van der Waals surface area contributed by atoms with Gasteiger partial charge in [-0.25, -0.2) is 13.8 Å². The van der Waals surface area contributed by atoms with Crippen molar-refractivity contribution in [1.29, 1.82) is 0 Å². The van der Waals surface area contributed by atoms with Crippen LogP contribution in [0, 0.1) is 17.0 Å². The summed E-state index contributed by atoms with van der Waals surface area (Å²) in [6.45, 7) is 4.86. The number of morpholine rings is 1. The maximum atomic E-state index is 13.6. The Balaban J connectivity index is 1.41. The van der Waals surface area contributed by atoms with Gasteiger partial charge in [0.25, 0.3) is 0 Å². The monoisotopic (exact) mass is 430 g/mol. The number of benzene rings is 1. The molecule has 2 saturated heterocycles. The van der Waals surface area contributed by atoms with Crippen molar-refractivity contribution in [1.82, 2.24) is 10.3 Å². The number of aromatic nitrogens is 1. The second-order valence-electron chi connectivity index (χ2n) is 8.15. The third-order valence-electron chi connectivity index (χ3n) is 5.65. The van der Waals surface area contributed by atoms with Gasteiger partial charge in [-0.05, 0) is 36.8 Å². The van der Waals surface area contributed by atoms with Crippen LogP contribution in [0.4, 0.5) is 20.3 Å². The molecule has 0 aliphatic carbocycles. The lowest BCUT2D eigenvalue weighted by Crippen LogP contribution is -2.40. The zero-order valence-corrected chi connectivity index (χ0v) is 17.2. The molecule has 2 aromatic rings. The van der Waals surface area contributed by atoms with Crippen LogP contribution in [0.2, 0.25) is 0 Å². The zero-order valence-electron chi connectivity index (χ0n) is 17.2. The summed E-state index contributed by atoms with van der Waals surface area (Å²) in [5, 5.41) is 2.89. The number of carbonyl (C=O) groups excluding carboxylic acids is 2. The van der Waals surface area contributed by atoms with Crippen LogP contribution >= 0.6 is 0 Å². The van der Waals surface area contributed by atoms with E-state index < -0.39 is 17.0 Å². The van der Waals surface area contributed by atoms with Gasteiger partial charge in [0.15, 0.2) is 0 Å². The molecule has 164 valence electrons. The Morgan fingerprint density at radius 2 is 1.90 bits per heavy atom. The minimum Gasteiger partial charge on any atom is -0.378 e. The standard InChI is InChI=1S/C22H24F2N4O3/c1-22(12-20(29)28(14-22)18-10-16(23)9-17(24)11-18)21(30)26-13-15-2-3-25-19(8-15)27-4-6-31-7-5-27/h2-3,8-11H,4-7,12-14H2,1H3,(H,26,30). The maximum Gasteiger partial charge on any atom is 0.228 e. The van der Waals surface area contributed by atoms with Gasteiger partial charge in [0.2, 0.25) is 11.8 Å². The normalized spacial score (nSPS) is 21.5. The van der Waals surface area contributed by atoms with Crippen molar-refractivity contribution in [2.45, 2.75) is 19.9 Å². The lowest BCUT2D eigenvalue weighted by molar-refractivity contribution is -0.131. The first kappa shape index (κ1) is 21.2. The Morgan fingerprint density at radius 3 is 2.61 bits per heavy atom. The van der Waals surface area contributed by atoms with Gasteiger partial charge in [0, 0.05) is 50.6 Å². The number of rotatable bonds is 5. The van der Waals surface area contributed by atoms with Crippen LogP contribution in [0.5, 0.6) is 0 Å². The number of anilines is 2. The fourth-order valence-electron chi connectivity index (χ4n) is 3.94. The maximum absolute atomic E-state index is 13.6. The molecule has 7 nitrogen and oxygen atoms in total. The Bertz CT molecular complexity index is 976. The highest BCUT2D eigenvalue weighted by Gasteiger charge is 2.45. The topological polar surface area (TPSA) is 74.8 Å². The van der Waals surface area contributed by atoms with Gasteiger partial charge >= 0.3 is 0 Å². The average molecular weight is 430 g/mol. The van der Waals surface area contributed by atoms with E-state index in [1.807, 2.05) is 12.1 Å². The van der Waals surface area contributed by atoms with Crippen LogP contribution < -0.4 is 15.1 Å². The number of ether oxygens (including phenoxy) is 1. The van der Waals surface area contributed by atoms with Gasteiger partial charge in [-0.1, -0.05) is 0 Å². The van der Waals surface area contributed by atoms with E-state index in [0.717, 1.165) is 42.7 Å². The molecule has 1 aromatic carbocycles. The molecule has 0 saturated carbocycles. The number of hydrogen-bond donors (Lipinski definition) is 1. The largest absolute Gasteiger partial charge is 0.378 e. The summed E-state index contributed by atoms with van der Waals surface area (Å²) < 4.78 is 32.5. The SMILES string of the molecule is CC1(C(=O)NCc2ccnc(N3CCOCC3)c2)CC(=O)N(c2cc(F)cc(F)c2)C1. The number of nitrogens with one attached hydrogen (secondary N) is 1. The van der Waals surface area contributed by atoms with Crippen molar-refractivity contribution in [3.63, 3.8) is 0 Å². The predicted molar refractivity (Wildman–Crippen MR) is 111 cm³/mol. The lowest BCUT2D eigenvalue weighted by Gasteiger charge is -2.28. The first-order valence-corrected chi connectivity index (χ1v) is 10.2. The summed E-state index contributed by atoms with van der Waals surface area (Å²) in [5.74, 6) is -1.34. The molecule has 1 atom stereocenters. The number of pyridine rings is 1. The molecule has 0 radical (unpaired) electrons. The van der Waals surface area contributed by atoms with E-state index in [1.54, 1.807) is 13.1 Å². The molecule has 2 aliphatic rings. The summed E-state index contributed by atoms with van der Waals surface area (Å²) in [5.41, 5.74) is 0.00470. The van der Waals surface area contributed by atoms with Crippen LogP contribution in [0.15, 0.2) is 36.5 Å². The molecule has 1 aromatic heterocycles. The molecule has 2 fully saturated rings. The Labute approximate surface area is 179 Å². The molecule has 0 bridgehead atoms. The van der Waals surface area contributed by atoms with E-state index in [0.29, 0.717) is 13.2 Å². The first-order valence-electron chi connectivity index (χ1n) is 10.2. The second kappa shape index (κ2) is 8.58. The van der Waals surface area contributed by atoms with Gasteiger partial charge in [0.05, 0.1) is 18.6 Å². The van der Waals surface area contributed by atoms with Crippen LogP contribution in [0.3, 0.4) is 0 Å². The Morgan fingerprint density at radius 1 is 1.19 bits per heavy atom. The molecule has 31 heavy (non-hydrogen) atoms. The summed E-state index contributed by atoms with van der Waals surface area (Å²) in [6, 6.07) is 6.68. The van der Waals surface area contributed by atoms with Crippen molar-refractivity contribution < 1.29 is 23.1 Å². The van der Waals surface area contributed by atoms with E-state index in [-0.39, 0.29) is 37.0 Å². The third-order valence-corrected chi connectivity index (χ3v) is 5.65. The third kappa shape index (κ3) is 4.66. The predicted octanol–water partition coefficient (Wildman–Crippen LogP) is 2.26. The summed E-state index contributed by atoms with van der Waals surface area (Å²) >= 11 is 0. The smallest absolute Gasteiger partial charge is 0.228 e. The number of carbonyl (C=O) groups is 2. The second-order valence-corrected chi connectivity index (χ2v) is 8.15. The number of halogens is 2.